The Hall–Kier alpha value is -0.650. The van der Waals surface area contributed by atoms with Crippen molar-refractivity contribution in [1.82, 2.24) is 4.90 Å². The van der Waals surface area contributed by atoms with Crippen molar-refractivity contribution in [1.29, 1.82) is 0 Å². The summed E-state index contributed by atoms with van der Waals surface area (Å²) in [5.41, 5.74) is 0. The summed E-state index contributed by atoms with van der Waals surface area (Å²) in [6, 6.07) is -0.647. The van der Waals surface area contributed by atoms with Crippen molar-refractivity contribution in [3.8, 4) is 0 Å². The van der Waals surface area contributed by atoms with Crippen LogP contribution in [0, 0.1) is 0 Å². The molecule has 0 radical (unpaired) electrons. The Balaban J connectivity index is 2.61. The zero-order valence-electron chi connectivity index (χ0n) is 8.35. The highest BCUT2D eigenvalue weighted by Gasteiger charge is 2.34. The molecule has 2 unspecified atom stereocenters. The van der Waals surface area contributed by atoms with Crippen LogP contribution in [0.5, 0.6) is 0 Å². The standard InChI is InChI=1S/C9H17NO4/c1-14-6-8(9(12)13)10-4-2-3-7(10)5-11/h7-8,11H,2-6H2,1H3,(H,12,13). The number of hydrogen-bond donors (Lipinski definition) is 2. The summed E-state index contributed by atoms with van der Waals surface area (Å²) in [5.74, 6) is -0.882. The van der Waals surface area contributed by atoms with Crippen LogP contribution in [0.1, 0.15) is 12.8 Å². The van der Waals surface area contributed by atoms with Gasteiger partial charge in [0.1, 0.15) is 6.04 Å². The molecule has 1 saturated heterocycles. The van der Waals surface area contributed by atoms with E-state index in [4.69, 9.17) is 14.9 Å². The van der Waals surface area contributed by atoms with Gasteiger partial charge in [0.2, 0.25) is 0 Å². The SMILES string of the molecule is COCC(C(=O)O)N1CCCC1CO. The minimum Gasteiger partial charge on any atom is -0.480 e. The summed E-state index contributed by atoms with van der Waals surface area (Å²) in [6.07, 6.45) is 1.81. The molecule has 5 nitrogen and oxygen atoms in total. The van der Waals surface area contributed by atoms with Crippen LogP contribution < -0.4 is 0 Å². The lowest BCUT2D eigenvalue weighted by Gasteiger charge is -2.28. The topological polar surface area (TPSA) is 70.0 Å². The van der Waals surface area contributed by atoms with E-state index in [1.54, 1.807) is 0 Å². The number of aliphatic carboxylic acids is 1. The highest BCUT2D eigenvalue weighted by Crippen LogP contribution is 2.19. The van der Waals surface area contributed by atoms with E-state index in [9.17, 15) is 4.79 Å². The molecule has 82 valence electrons. The van der Waals surface area contributed by atoms with Crippen LogP contribution >= 0.6 is 0 Å². The molecule has 5 heteroatoms. The third-order valence-corrected chi connectivity index (χ3v) is 2.64. The third-order valence-electron chi connectivity index (χ3n) is 2.64. The molecule has 2 atom stereocenters. The summed E-state index contributed by atoms with van der Waals surface area (Å²) in [7, 11) is 1.49. The predicted octanol–water partition coefficient (Wildman–Crippen LogP) is -0.457. The van der Waals surface area contributed by atoms with Gasteiger partial charge >= 0.3 is 5.97 Å². The van der Waals surface area contributed by atoms with Crippen LogP contribution in [0.4, 0.5) is 0 Å². The molecule has 0 bridgehead atoms. The van der Waals surface area contributed by atoms with Gasteiger partial charge in [-0.1, -0.05) is 0 Å². The maximum Gasteiger partial charge on any atom is 0.323 e. The first-order valence-electron chi connectivity index (χ1n) is 4.79. The van der Waals surface area contributed by atoms with E-state index in [0.29, 0.717) is 0 Å². The predicted molar refractivity (Wildman–Crippen MR) is 50.1 cm³/mol. The molecular weight excluding hydrogens is 186 g/mol. The molecule has 14 heavy (non-hydrogen) atoms. The molecule has 0 aromatic carbocycles. The van der Waals surface area contributed by atoms with Gasteiger partial charge in [-0.15, -0.1) is 0 Å². The van der Waals surface area contributed by atoms with Crippen LogP contribution in [0.3, 0.4) is 0 Å². The van der Waals surface area contributed by atoms with Gasteiger partial charge in [-0.05, 0) is 19.4 Å². The van der Waals surface area contributed by atoms with Gasteiger partial charge < -0.3 is 14.9 Å². The molecule has 1 heterocycles. The average Bonchev–Trinajstić information content (AvgIpc) is 2.61. The molecule has 1 aliphatic rings. The smallest absolute Gasteiger partial charge is 0.323 e. The Morgan fingerprint density at radius 1 is 1.71 bits per heavy atom. The molecule has 1 rings (SSSR count). The largest absolute Gasteiger partial charge is 0.480 e. The second kappa shape index (κ2) is 5.29. The number of ether oxygens (including phenoxy) is 1. The number of aliphatic hydroxyl groups excluding tert-OH is 1. The molecule has 0 amide bonds. The average molecular weight is 203 g/mol. The Kier molecular flexibility index (Phi) is 4.31. The zero-order valence-corrected chi connectivity index (χ0v) is 8.35. The Morgan fingerprint density at radius 2 is 2.43 bits per heavy atom. The van der Waals surface area contributed by atoms with E-state index >= 15 is 0 Å². The first-order chi connectivity index (χ1) is 6.70. The van der Waals surface area contributed by atoms with Crippen molar-refractivity contribution in [2.75, 3.05) is 26.9 Å². The van der Waals surface area contributed by atoms with Crippen LogP contribution in [-0.2, 0) is 9.53 Å². The van der Waals surface area contributed by atoms with E-state index in [2.05, 4.69) is 0 Å². The number of likely N-dealkylation sites (tertiary alicyclic amines) is 1. The molecular formula is C9H17NO4. The zero-order chi connectivity index (χ0) is 10.6. The lowest BCUT2D eigenvalue weighted by atomic mass is 10.2. The van der Waals surface area contributed by atoms with Crippen LogP contribution in [0.2, 0.25) is 0 Å². The van der Waals surface area contributed by atoms with Crippen molar-refractivity contribution in [2.24, 2.45) is 0 Å². The molecule has 2 N–H and O–H groups in total. The first kappa shape index (κ1) is 11.4. The van der Waals surface area contributed by atoms with E-state index in [1.807, 2.05) is 4.90 Å². The first-order valence-corrected chi connectivity index (χ1v) is 4.79. The maximum atomic E-state index is 10.9. The number of carboxylic acids is 1. The summed E-state index contributed by atoms with van der Waals surface area (Å²) in [5, 5.41) is 18.0. The fourth-order valence-corrected chi connectivity index (χ4v) is 1.93. The fourth-order valence-electron chi connectivity index (χ4n) is 1.93. The van der Waals surface area contributed by atoms with Crippen molar-refractivity contribution in [2.45, 2.75) is 24.9 Å². The van der Waals surface area contributed by atoms with Crippen molar-refractivity contribution in [3.05, 3.63) is 0 Å². The summed E-state index contributed by atoms with van der Waals surface area (Å²) in [6.45, 7) is 0.922. The second-order valence-corrected chi connectivity index (χ2v) is 3.53. The number of aliphatic hydroxyl groups is 1. The van der Waals surface area contributed by atoms with Crippen molar-refractivity contribution in [3.63, 3.8) is 0 Å². The minimum atomic E-state index is -0.882. The number of methoxy groups -OCH3 is 1. The summed E-state index contributed by atoms with van der Waals surface area (Å²) >= 11 is 0. The molecule has 1 fully saturated rings. The molecule has 0 saturated carbocycles. The third kappa shape index (κ3) is 2.43. The van der Waals surface area contributed by atoms with Gasteiger partial charge in [0, 0.05) is 13.2 Å². The Morgan fingerprint density at radius 3 is 2.93 bits per heavy atom. The quantitative estimate of drug-likeness (QED) is 0.633. The van der Waals surface area contributed by atoms with Crippen LogP contribution in [-0.4, -0.2) is 60.0 Å². The highest BCUT2D eigenvalue weighted by atomic mass is 16.5. The van der Waals surface area contributed by atoms with Gasteiger partial charge in [-0.25, -0.2) is 0 Å². The summed E-state index contributed by atoms with van der Waals surface area (Å²) < 4.78 is 4.87. The number of carbonyl (C=O) groups is 1. The Bertz CT molecular complexity index is 197. The monoisotopic (exact) mass is 203 g/mol. The van der Waals surface area contributed by atoms with E-state index in [0.717, 1.165) is 19.4 Å². The van der Waals surface area contributed by atoms with Gasteiger partial charge in [-0.2, -0.15) is 0 Å². The lowest BCUT2D eigenvalue weighted by Crippen LogP contribution is -2.47. The normalized spacial score (nSPS) is 25.1. The van der Waals surface area contributed by atoms with Gasteiger partial charge in [0.05, 0.1) is 13.2 Å². The van der Waals surface area contributed by atoms with E-state index in [-0.39, 0.29) is 19.3 Å². The number of rotatable bonds is 5. The minimum absolute atomic E-state index is 0.0213. The van der Waals surface area contributed by atoms with Crippen molar-refractivity contribution >= 4 is 5.97 Å². The molecule has 0 aromatic heterocycles. The van der Waals surface area contributed by atoms with Crippen LogP contribution in [0.15, 0.2) is 0 Å². The van der Waals surface area contributed by atoms with E-state index in [1.165, 1.54) is 7.11 Å². The molecule has 0 aliphatic carbocycles. The number of hydrogen-bond acceptors (Lipinski definition) is 4. The Labute approximate surface area is 83.3 Å². The van der Waals surface area contributed by atoms with Gasteiger partial charge in [-0.3, -0.25) is 9.69 Å². The summed E-state index contributed by atoms with van der Waals surface area (Å²) in [4.78, 5) is 12.7. The molecule has 1 aliphatic heterocycles. The van der Waals surface area contributed by atoms with Gasteiger partial charge in [0.25, 0.3) is 0 Å². The number of carboxylic acid groups (broad SMARTS) is 1. The molecule has 0 spiro atoms. The van der Waals surface area contributed by atoms with Gasteiger partial charge in [0.15, 0.2) is 0 Å². The lowest BCUT2D eigenvalue weighted by molar-refractivity contribution is -0.146. The van der Waals surface area contributed by atoms with Crippen LogP contribution in [0.25, 0.3) is 0 Å². The molecule has 0 aromatic rings. The van der Waals surface area contributed by atoms with Crippen molar-refractivity contribution < 1.29 is 19.7 Å². The second-order valence-electron chi connectivity index (χ2n) is 3.53. The highest BCUT2D eigenvalue weighted by molar-refractivity contribution is 5.73. The maximum absolute atomic E-state index is 10.9. The fraction of sp³-hybridized carbons (Fsp3) is 0.889. The number of nitrogens with zero attached hydrogens (tertiary/aromatic N) is 1. The van der Waals surface area contributed by atoms with E-state index < -0.39 is 12.0 Å².